The van der Waals surface area contributed by atoms with E-state index in [9.17, 15) is 0 Å². The molecule has 2 nitrogen and oxygen atoms in total. The van der Waals surface area contributed by atoms with Crippen molar-refractivity contribution in [1.82, 2.24) is 4.98 Å². The molecule has 1 aromatic heterocycles. The molecule has 1 atom stereocenters. The fourth-order valence-corrected chi connectivity index (χ4v) is 1.92. The first-order valence-corrected chi connectivity index (χ1v) is 5.41. The van der Waals surface area contributed by atoms with Crippen molar-refractivity contribution in [1.29, 1.82) is 0 Å². The fourth-order valence-electron chi connectivity index (χ4n) is 1.92. The topological polar surface area (TPSA) is 38.9 Å². The van der Waals surface area contributed by atoms with Crippen LogP contribution < -0.4 is 5.73 Å². The molecule has 1 aromatic carbocycles. The Morgan fingerprint density at radius 2 is 1.75 bits per heavy atom. The lowest BCUT2D eigenvalue weighted by atomic mass is 9.95. The van der Waals surface area contributed by atoms with E-state index in [4.69, 9.17) is 5.73 Å². The van der Waals surface area contributed by atoms with Gasteiger partial charge in [0.1, 0.15) is 0 Å². The van der Waals surface area contributed by atoms with Crippen LogP contribution in [0.4, 0.5) is 0 Å². The van der Waals surface area contributed by atoms with Gasteiger partial charge in [-0.1, -0.05) is 23.8 Å². The summed E-state index contributed by atoms with van der Waals surface area (Å²) in [4.78, 5) is 4.00. The molecule has 0 saturated carbocycles. The Kier molecular flexibility index (Phi) is 3.02. The number of hydrogen-bond acceptors (Lipinski definition) is 2. The summed E-state index contributed by atoms with van der Waals surface area (Å²) < 4.78 is 0. The molecule has 0 radical (unpaired) electrons. The van der Waals surface area contributed by atoms with Crippen LogP contribution >= 0.6 is 0 Å². The van der Waals surface area contributed by atoms with Gasteiger partial charge in [0, 0.05) is 12.4 Å². The molecule has 2 rings (SSSR count). The van der Waals surface area contributed by atoms with Crippen LogP contribution in [-0.4, -0.2) is 4.98 Å². The minimum Gasteiger partial charge on any atom is -0.320 e. The molecule has 0 aliphatic carbocycles. The molecule has 0 bridgehead atoms. The van der Waals surface area contributed by atoms with E-state index >= 15 is 0 Å². The van der Waals surface area contributed by atoms with E-state index in [-0.39, 0.29) is 6.04 Å². The number of nitrogens with zero attached hydrogens (tertiary/aromatic N) is 1. The number of aromatic nitrogens is 1. The minimum atomic E-state index is -0.0661. The van der Waals surface area contributed by atoms with Gasteiger partial charge in [-0.2, -0.15) is 0 Å². The van der Waals surface area contributed by atoms with Gasteiger partial charge in [0.15, 0.2) is 0 Å². The first-order valence-electron chi connectivity index (χ1n) is 5.41. The minimum absolute atomic E-state index is 0.0661. The number of aryl methyl sites for hydroxylation is 2. The highest BCUT2D eigenvalue weighted by Crippen LogP contribution is 2.22. The van der Waals surface area contributed by atoms with Gasteiger partial charge in [-0.05, 0) is 42.7 Å². The standard InChI is InChI=1S/C14H16N2/c1-10-3-4-13(11(2)9-10)14(15)12-5-7-16-8-6-12/h3-9,14H,15H2,1-2H3/t14-/m0/s1. The van der Waals surface area contributed by atoms with E-state index in [1.807, 2.05) is 12.1 Å². The monoisotopic (exact) mass is 212 g/mol. The van der Waals surface area contributed by atoms with E-state index in [1.54, 1.807) is 12.4 Å². The first kappa shape index (κ1) is 10.8. The zero-order valence-electron chi connectivity index (χ0n) is 9.64. The maximum atomic E-state index is 6.24. The Labute approximate surface area is 96.1 Å². The highest BCUT2D eigenvalue weighted by atomic mass is 14.7. The van der Waals surface area contributed by atoms with Gasteiger partial charge in [-0.25, -0.2) is 0 Å². The number of benzene rings is 1. The SMILES string of the molecule is Cc1ccc([C@@H](N)c2ccncc2)c(C)c1. The molecule has 0 spiro atoms. The third kappa shape index (κ3) is 2.12. The molecule has 1 heterocycles. The Balaban J connectivity index is 2.38. The summed E-state index contributed by atoms with van der Waals surface area (Å²) in [5.41, 5.74) is 11.0. The largest absolute Gasteiger partial charge is 0.320 e. The third-order valence-corrected chi connectivity index (χ3v) is 2.83. The van der Waals surface area contributed by atoms with Crippen LogP contribution in [0.25, 0.3) is 0 Å². The first-order chi connectivity index (χ1) is 7.68. The summed E-state index contributed by atoms with van der Waals surface area (Å²) in [7, 11) is 0. The van der Waals surface area contributed by atoms with Crippen molar-refractivity contribution >= 4 is 0 Å². The summed E-state index contributed by atoms with van der Waals surface area (Å²) >= 11 is 0. The molecule has 0 aliphatic heterocycles. The lowest BCUT2D eigenvalue weighted by molar-refractivity contribution is 0.857. The molecular formula is C14H16N2. The fraction of sp³-hybridized carbons (Fsp3) is 0.214. The Hall–Kier alpha value is -1.67. The maximum Gasteiger partial charge on any atom is 0.0555 e. The third-order valence-electron chi connectivity index (χ3n) is 2.83. The second kappa shape index (κ2) is 4.45. The van der Waals surface area contributed by atoms with Crippen LogP contribution in [0.2, 0.25) is 0 Å². The normalized spacial score (nSPS) is 12.4. The summed E-state index contributed by atoms with van der Waals surface area (Å²) in [5, 5.41) is 0. The van der Waals surface area contributed by atoms with Crippen molar-refractivity contribution in [3.8, 4) is 0 Å². The van der Waals surface area contributed by atoms with Gasteiger partial charge >= 0.3 is 0 Å². The van der Waals surface area contributed by atoms with Crippen LogP contribution in [0.5, 0.6) is 0 Å². The van der Waals surface area contributed by atoms with Gasteiger partial charge in [-0.3, -0.25) is 4.98 Å². The van der Waals surface area contributed by atoms with Gasteiger partial charge in [0.05, 0.1) is 6.04 Å². The van der Waals surface area contributed by atoms with Crippen LogP contribution in [0.1, 0.15) is 28.3 Å². The van der Waals surface area contributed by atoms with Crippen LogP contribution in [0.3, 0.4) is 0 Å². The second-order valence-corrected chi connectivity index (χ2v) is 4.12. The smallest absolute Gasteiger partial charge is 0.0555 e. The van der Waals surface area contributed by atoms with Crippen molar-refractivity contribution in [2.45, 2.75) is 19.9 Å². The average molecular weight is 212 g/mol. The molecule has 2 N–H and O–H groups in total. The highest BCUT2D eigenvalue weighted by molar-refractivity contribution is 5.37. The van der Waals surface area contributed by atoms with Crippen molar-refractivity contribution in [2.24, 2.45) is 5.73 Å². The Morgan fingerprint density at radius 3 is 2.38 bits per heavy atom. The summed E-state index contributed by atoms with van der Waals surface area (Å²) in [6.07, 6.45) is 3.55. The molecule has 0 saturated heterocycles. The molecule has 2 heteroatoms. The van der Waals surface area contributed by atoms with Gasteiger partial charge in [0.25, 0.3) is 0 Å². The van der Waals surface area contributed by atoms with E-state index < -0.39 is 0 Å². The molecule has 0 fully saturated rings. The number of nitrogens with two attached hydrogens (primary N) is 1. The Morgan fingerprint density at radius 1 is 1.06 bits per heavy atom. The molecule has 82 valence electrons. The Bertz CT molecular complexity index is 477. The number of rotatable bonds is 2. The zero-order chi connectivity index (χ0) is 11.5. The summed E-state index contributed by atoms with van der Waals surface area (Å²) in [5.74, 6) is 0. The molecule has 0 unspecified atom stereocenters. The number of pyridine rings is 1. The second-order valence-electron chi connectivity index (χ2n) is 4.12. The molecule has 2 aromatic rings. The van der Waals surface area contributed by atoms with Crippen LogP contribution in [0.15, 0.2) is 42.7 Å². The highest BCUT2D eigenvalue weighted by Gasteiger charge is 2.10. The van der Waals surface area contributed by atoms with E-state index in [1.165, 1.54) is 16.7 Å². The van der Waals surface area contributed by atoms with Crippen LogP contribution in [0, 0.1) is 13.8 Å². The van der Waals surface area contributed by atoms with E-state index in [2.05, 4.69) is 37.0 Å². The molecule has 16 heavy (non-hydrogen) atoms. The lowest BCUT2D eigenvalue weighted by Gasteiger charge is -2.15. The van der Waals surface area contributed by atoms with Gasteiger partial charge in [0.2, 0.25) is 0 Å². The van der Waals surface area contributed by atoms with Crippen molar-refractivity contribution in [3.05, 3.63) is 65.0 Å². The van der Waals surface area contributed by atoms with Crippen molar-refractivity contribution < 1.29 is 0 Å². The predicted octanol–water partition coefficient (Wildman–Crippen LogP) is 2.75. The van der Waals surface area contributed by atoms with E-state index in [0.29, 0.717) is 0 Å². The summed E-state index contributed by atoms with van der Waals surface area (Å²) in [6.45, 7) is 4.19. The maximum absolute atomic E-state index is 6.24. The van der Waals surface area contributed by atoms with Crippen molar-refractivity contribution in [3.63, 3.8) is 0 Å². The number of hydrogen-bond donors (Lipinski definition) is 1. The van der Waals surface area contributed by atoms with E-state index in [0.717, 1.165) is 5.56 Å². The van der Waals surface area contributed by atoms with Crippen LogP contribution in [-0.2, 0) is 0 Å². The molecule has 0 amide bonds. The summed E-state index contributed by atoms with van der Waals surface area (Å²) in [6, 6.07) is 10.2. The molecule has 0 aliphatic rings. The van der Waals surface area contributed by atoms with Gasteiger partial charge in [-0.15, -0.1) is 0 Å². The molecular weight excluding hydrogens is 196 g/mol. The zero-order valence-corrected chi connectivity index (χ0v) is 9.64. The predicted molar refractivity (Wildman–Crippen MR) is 66.2 cm³/mol. The quantitative estimate of drug-likeness (QED) is 0.831. The lowest BCUT2D eigenvalue weighted by Crippen LogP contribution is -2.13. The van der Waals surface area contributed by atoms with Crippen molar-refractivity contribution in [2.75, 3.05) is 0 Å². The average Bonchev–Trinajstić information content (AvgIpc) is 2.29. The van der Waals surface area contributed by atoms with Gasteiger partial charge < -0.3 is 5.73 Å².